The fourth-order valence-electron chi connectivity index (χ4n) is 4.23. The highest BCUT2D eigenvalue weighted by atomic mass is 35.5. The number of esters is 1. The molecule has 0 N–H and O–H groups in total. The SMILES string of the molecule is Cc1cnc(C)c(Oc2ccc(C(=O)N3CC[C@@]4(C3)OC(=O)c3ccccc34)c(Cl)c2)n1. The van der Waals surface area contributed by atoms with Crippen LogP contribution in [0.3, 0.4) is 0 Å². The quantitative estimate of drug-likeness (QED) is 0.549. The number of carbonyl (C=O) groups excluding carboxylic acids is 2. The number of hydrogen-bond acceptors (Lipinski definition) is 6. The van der Waals surface area contributed by atoms with Gasteiger partial charge in [-0.2, -0.15) is 0 Å². The van der Waals surface area contributed by atoms with Crippen LogP contribution in [0.5, 0.6) is 11.6 Å². The van der Waals surface area contributed by atoms with E-state index in [1.54, 1.807) is 42.3 Å². The molecule has 2 aromatic carbocycles. The van der Waals surface area contributed by atoms with E-state index in [0.29, 0.717) is 48.0 Å². The molecule has 0 bridgehead atoms. The molecule has 0 saturated carbocycles. The van der Waals surface area contributed by atoms with Crippen molar-refractivity contribution < 1.29 is 19.1 Å². The molecule has 2 aliphatic rings. The molecule has 32 heavy (non-hydrogen) atoms. The molecule has 3 aromatic rings. The van der Waals surface area contributed by atoms with E-state index in [9.17, 15) is 9.59 Å². The van der Waals surface area contributed by atoms with Crippen molar-refractivity contribution in [1.82, 2.24) is 14.9 Å². The minimum absolute atomic E-state index is 0.217. The fourth-order valence-corrected chi connectivity index (χ4v) is 4.48. The number of rotatable bonds is 3. The Hall–Kier alpha value is -3.45. The lowest BCUT2D eigenvalue weighted by molar-refractivity contribution is -0.00306. The number of fused-ring (bicyclic) bond motifs is 2. The summed E-state index contributed by atoms with van der Waals surface area (Å²) < 4.78 is 11.6. The van der Waals surface area contributed by atoms with Crippen LogP contribution in [-0.4, -0.2) is 39.8 Å². The van der Waals surface area contributed by atoms with E-state index in [4.69, 9.17) is 21.1 Å². The zero-order valence-corrected chi connectivity index (χ0v) is 18.3. The van der Waals surface area contributed by atoms with E-state index in [-0.39, 0.29) is 16.9 Å². The number of nitrogens with zero attached hydrogens (tertiary/aromatic N) is 3. The lowest BCUT2D eigenvalue weighted by Gasteiger charge is -2.24. The highest BCUT2D eigenvalue weighted by Gasteiger charge is 2.51. The standard InChI is InChI=1S/C24H20ClN3O4/c1-14-12-26-15(2)21(27-14)31-16-7-8-18(20(25)11-16)22(29)28-10-9-24(13-28)19-6-4-3-5-17(19)23(30)32-24/h3-8,11-12H,9-10,13H2,1-2H3/t24-/m0/s1. The molecule has 5 rings (SSSR count). The number of hydrogen-bond donors (Lipinski definition) is 0. The Bertz CT molecular complexity index is 1260. The van der Waals surface area contributed by atoms with E-state index in [2.05, 4.69) is 9.97 Å². The van der Waals surface area contributed by atoms with Crippen LogP contribution in [-0.2, 0) is 10.3 Å². The third-order valence-electron chi connectivity index (χ3n) is 5.86. The molecule has 1 amide bonds. The van der Waals surface area contributed by atoms with Gasteiger partial charge in [0.1, 0.15) is 5.75 Å². The van der Waals surface area contributed by atoms with Crippen LogP contribution in [0.4, 0.5) is 0 Å². The summed E-state index contributed by atoms with van der Waals surface area (Å²) in [5.41, 5.74) is 2.36. The zero-order valence-electron chi connectivity index (χ0n) is 17.6. The van der Waals surface area contributed by atoms with Crippen LogP contribution in [0.25, 0.3) is 0 Å². The molecule has 0 radical (unpaired) electrons. The maximum Gasteiger partial charge on any atom is 0.339 e. The third kappa shape index (κ3) is 3.39. The largest absolute Gasteiger partial charge is 0.449 e. The smallest absolute Gasteiger partial charge is 0.339 e. The van der Waals surface area contributed by atoms with Gasteiger partial charge in [0.2, 0.25) is 5.88 Å². The van der Waals surface area contributed by atoms with Gasteiger partial charge in [-0.25, -0.2) is 9.78 Å². The minimum Gasteiger partial charge on any atom is -0.449 e. The second-order valence-electron chi connectivity index (χ2n) is 8.05. The van der Waals surface area contributed by atoms with Gasteiger partial charge in [0, 0.05) is 30.8 Å². The Morgan fingerprint density at radius 1 is 1.22 bits per heavy atom. The molecule has 1 saturated heterocycles. The number of ether oxygens (including phenoxy) is 2. The van der Waals surface area contributed by atoms with Crippen LogP contribution < -0.4 is 4.74 Å². The monoisotopic (exact) mass is 449 g/mol. The molecular weight excluding hydrogens is 430 g/mol. The highest BCUT2D eigenvalue weighted by Crippen LogP contribution is 2.43. The topological polar surface area (TPSA) is 81.6 Å². The number of aromatic nitrogens is 2. The molecule has 7 nitrogen and oxygen atoms in total. The lowest BCUT2D eigenvalue weighted by Crippen LogP contribution is -2.34. The first-order valence-corrected chi connectivity index (χ1v) is 10.6. The minimum atomic E-state index is -0.791. The summed E-state index contributed by atoms with van der Waals surface area (Å²) in [6.07, 6.45) is 2.21. The van der Waals surface area contributed by atoms with Crippen molar-refractivity contribution in [2.45, 2.75) is 25.9 Å². The average Bonchev–Trinajstić information content (AvgIpc) is 3.32. The molecule has 0 aliphatic carbocycles. The van der Waals surface area contributed by atoms with Crippen molar-refractivity contribution in [2.24, 2.45) is 0 Å². The molecule has 1 spiro atoms. The van der Waals surface area contributed by atoms with Gasteiger partial charge in [-0.05, 0) is 32.0 Å². The molecule has 2 aliphatic heterocycles. The fraction of sp³-hybridized carbons (Fsp3) is 0.250. The van der Waals surface area contributed by atoms with Crippen LogP contribution in [0, 0.1) is 13.8 Å². The summed E-state index contributed by atoms with van der Waals surface area (Å²) in [6, 6.07) is 12.2. The molecule has 1 aromatic heterocycles. The summed E-state index contributed by atoms with van der Waals surface area (Å²) in [6.45, 7) is 4.39. The average molecular weight is 450 g/mol. The van der Waals surface area contributed by atoms with Crippen LogP contribution in [0.2, 0.25) is 5.02 Å². The molecule has 1 atom stereocenters. The number of likely N-dealkylation sites (tertiary alicyclic amines) is 1. The van der Waals surface area contributed by atoms with E-state index in [1.807, 2.05) is 25.1 Å². The number of benzene rings is 2. The number of carbonyl (C=O) groups is 2. The van der Waals surface area contributed by atoms with Gasteiger partial charge in [-0.3, -0.25) is 9.78 Å². The Balaban J connectivity index is 1.36. The highest BCUT2D eigenvalue weighted by molar-refractivity contribution is 6.34. The van der Waals surface area contributed by atoms with Crippen molar-refractivity contribution in [2.75, 3.05) is 13.1 Å². The molecule has 8 heteroatoms. The molecular formula is C24H20ClN3O4. The first-order chi connectivity index (χ1) is 15.4. The number of amides is 1. The Kier molecular flexibility index (Phi) is 4.86. The van der Waals surface area contributed by atoms with Gasteiger partial charge >= 0.3 is 5.97 Å². The van der Waals surface area contributed by atoms with E-state index in [0.717, 1.165) is 11.3 Å². The van der Waals surface area contributed by atoms with E-state index in [1.165, 1.54) is 0 Å². The number of aryl methyl sites for hydroxylation is 2. The van der Waals surface area contributed by atoms with Gasteiger partial charge < -0.3 is 14.4 Å². The summed E-state index contributed by atoms with van der Waals surface area (Å²) in [4.78, 5) is 35.7. The normalized spacial score (nSPS) is 19.2. The second kappa shape index (κ2) is 7.60. The van der Waals surface area contributed by atoms with Crippen LogP contribution in [0.15, 0.2) is 48.7 Å². The summed E-state index contributed by atoms with van der Waals surface area (Å²) in [5.74, 6) is 0.295. The molecule has 1 fully saturated rings. The van der Waals surface area contributed by atoms with Crippen molar-refractivity contribution in [1.29, 1.82) is 0 Å². The lowest BCUT2D eigenvalue weighted by atomic mass is 9.91. The predicted octanol–water partition coefficient (Wildman–Crippen LogP) is 4.45. The summed E-state index contributed by atoms with van der Waals surface area (Å²) >= 11 is 6.45. The van der Waals surface area contributed by atoms with Gasteiger partial charge in [-0.1, -0.05) is 29.8 Å². The first kappa shape index (κ1) is 20.5. The maximum atomic E-state index is 13.2. The van der Waals surface area contributed by atoms with Crippen molar-refractivity contribution >= 4 is 23.5 Å². The summed E-state index contributed by atoms with van der Waals surface area (Å²) in [5, 5.41) is 0.274. The van der Waals surface area contributed by atoms with Gasteiger partial charge in [-0.15, -0.1) is 0 Å². The third-order valence-corrected chi connectivity index (χ3v) is 6.18. The molecule has 0 unspecified atom stereocenters. The van der Waals surface area contributed by atoms with Crippen molar-refractivity contribution in [3.63, 3.8) is 0 Å². The Morgan fingerprint density at radius 3 is 2.84 bits per heavy atom. The van der Waals surface area contributed by atoms with E-state index >= 15 is 0 Å². The molecule has 3 heterocycles. The summed E-state index contributed by atoms with van der Waals surface area (Å²) in [7, 11) is 0. The molecule has 162 valence electrons. The first-order valence-electron chi connectivity index (χ1n) is 10.3. The van der Waals surface area contributed by atoms with Gasteiger partial charge in [0.25, 0.3) is 5.91 Å². The predicted molar refractivity (Wildman–Crippen MR) is 117 cm³/mol. The van der Waals surface area contributed by atoms with Gasteiger partial charge in [0.15, 0.2) is 5.60 Å². The number of halogens is 1. The van der Waals surface area contributed by atoms with Gasteiger partial charge in [0.05, 0.1) is 34.1 Å². The Morgan fingerprint density at radius 2 is 2.03 bits per heavy atom. The maximum absolute atomic E-state index is 13.2. The second-order valence-corrected chi connectivity index (χ2v) is 8.46. The van der Waals surface area contributed by atoms with E-state index < -0.39 is 5.60 Å². The van der Waals surface area contributed by atoms with Crippen molar-refractivity contribution in [3.05, 3.63) is 81.8 Å². The van der Waals surface area contributed by atoms with Crippen LogP contribution in [0.1, 0.15) is 44.1 Å². The zero-order chi connectivity index (χ0) is 22.5. The van der Waals surface area contributed by atoms with Crippen LogP contribution >= 0.6 is 11.6 Å². The van der Waals surface area contributed by atoms with Crippen molar-refractivity contribution in [3.8, 4) is 11.6 Å². The Labute approximate surface area is 190 Å².